The van der Waals surface area contributed by atoms with Crippen molar-refractivity contribution in [1.29, 1.82) is 0 Å². The molecule has 1 amide bonds. The van der Waals surface area contributed by atoms with Crippen molar-refractivity contribution in [3.05, 3.63) is 29.8 Å². The summed E-state index contributed by atoms with van der Waals surface area (Å²) in [6.07, 6.45) is 1.10. The van der Waals surface area contributed by atoms with E-state index < -0.39 is 5.54 Å². The third-order valence-electron chi connectivity index (χ3n) is 3.49. The monoisotopic (exact) mass is 264 g/mol. The summed E-state index contributed by atoms with van der Waals surface area (Å²) in [5.41, 5.74) is 6.23. The fourth-order valence-electron chi connectivity index (χ4n) is 2.33. The Labute approximate surface area is 113 Å². The van der Waals surface area contributed by atoms with Crippen LogP contribution < -0.4 is 5.73 Å². The molecule has 0 saturated carbocycles. The first-order valence-electron chi connectivity index (χ1n) is 6.41. The summed E-state index contributed by atoms with van der Waals surface area (Å²) in [5.74, 6) is 0.131. The van der Waals surface area contributed by atoms with Crippen molar-refractivity contribution in [3.63, 3.8) is 0 Å². The fourth-order valence-corrected chi connectivity index (χ4v) is 2.33. The molecule has 0 atom stereocenters. The van der Waals surface area contributed by atoms with Gasteiger partial charge in [0, 0.05) is 26.8 Å². The fraction of sp³-hybridized carbons (Fsp3) is 0.500. The number of nitrogens with two attached hydrogens (primary N) is 1. The normalized spacial score (nSPS) is 18.0. The number of hydrogen-bond acceptors (Lipinski definition) is 4. The predicted molar refractivity (Wildman–Crippen MR) is 71.6 cm³/mol. The Morgan fingerprint density at radius 2 is 2.16 bits per heavy atom. The average molecular weight is 264 g/mol. The number of aromatic hydroxyl groups is 1. The third kappa shape index (κ3) is 3.24. The van der Waals surface area contributed by atoms with Crippen LogP contribution >= 0.6 is 0 Å². The molecule has 1 aromatic rings. The number of carbonyl (C=O) groups excluding carboxylic acids is 1. The Morgan fingerprint density at radius 3 is 2.79 bits per heavy atom. The molecule has 5 nitrogen and oxygen atoms in total. The van der Waals surface area contributed by atoms with Gasteiger partial charge < -0.3 is 20.5 Å². The van der Waals surface area contributed by atoms with Gasteiger partial charge in [0.05, 0.1) is 5.54 Å². The number of rotatable bonds is 3. The van der Waals surface area contributed by atoms with Crippen molar-refractivity contribution in [3.8, 4) is 5.75 Å². The summed E-state index contributed by atoms with van der Waals surface area (Å²) in [5, 5.41) is 9.42. The van der Waals surface area contributed by atoms with Crippen LogP contribution in [0, 0.1) is 0 Å². The van der Waals surface area contributed by atoms with Crippen molar-refractivity contribution in [2.45, 2.75) is 24.9 Å². The number of likely N-dealkylation sites (N-methyl/N-ethyl adjacent to an activating group) is 1. The molecular formula is C14H20N2O3. The molecule has 5 heteroatoms. The summed E-state index contributed by atoms with van der Waals surface area (Å²) < 4.78 is 5.25. The van der Waals surface area contributed by atoms with Gasteiger partial charge >= 0.3 is 0 Å². The first-order valence-corrected chi connectivity index (χ1v) is 6.41. The van der Waals surface area contributed by atoms with E-state index in [0.717, 1.165) is 5.56 Å². The zero-order valence-electron chi connectivity index (χ0n) is 11.1. The van der Waals surface area contributed by atoms with E-state index in [0.29, 0.717) is 32.6 Å². The highest BCUT2D eigenvalue weighted by molar-refractivity contribution is 5.86. The number of amides is 1. The van der Waals surface area contributed by atoms with Gasteiger partial charge in [-0.3, -0.25) is 4.79 Å². The molecule has 1 aliphatic heterocycles. The minimum absolute atomic E-state index is 0.0702. The van der Waals surface area contributed by atoms with E-state index in [4.69, 9.17) is 10.5 Å². The summed E-state index contributed by atoms with van der Waals surface area (Å²) in [4.78, 5) is 14.0. The summed E-state index contributed by atoms with van der Waals surface area (Å²) in [6.45, 7) is 1.50. The van der Waals surface area contributed by atoms with Gasteiger partial charge in [-0.05, 0) is 30.5 Å². The second-order valence-electron chi connectivity index (χ2n) is 5.10. The first kappa shape index (κ1) is 13.8. The van der Waals surface area contributed by atoms with Crippen LogP contribution in [-0.4, -0.2) is 41.7 Å². The van der Waals surface area contributed by atoms with Gasteiger partial charge in [-0.1, -0.05) is 12.1 Å². The van der Waals surface area contributed by atoms with E-state index in [1.54, 1.807) is 30.1 Å². The van der Waals surface area contributed by atoms with Crippen molar-refractivity contribution in [1.82, 2.24) is 4.90 Å². The zero-order valence-corrected chi connectivity index (χ0v) is 11.1. The highest BCUT2D eigenvalue weighted by atomic mass is 16.5. The number of phenols is 1. The van der Waals surface area contributed by atoms with Gasteiger partial charge in [-0.25, -0.2) is 0 Å². The minimum Gasteiger partial charge on any atom is -0.508 e. The van der Waals surface area contributed by atoms with Crippen LogP contribution in [0.1, 0.15) is 18.4 Å². The van der Waals surface area contributed by atoms with Gasteiger partial charge in [0.1, 0.15) is 5.75 Å². The van der Waals surface area contributed by atoms with Crippen LogP contribution in [0.2, 0.25) is 0 Å². The maximum atomic E-state index is 12.4. The molecule has 1 aliphatic rings. The molecular weight excluding hydrogens is 244 g/mol. The lowest BCUT2D eigenvalue weighted by molar-refractivity contribution is -0.139. The van der Waals surface area contributed by atoms with Gasteiger partial charge in [-0.2, -0.15) is 0 Å². The number of carbonyl (C=O) groups is 1. The standard InChI is InChI=1S/C14H20N2O3/c1-16(10-11-3-2-4-12(17)9-11)13(18)14(15)5-7-19-8-6-14/h2-4,9,17H,5-8,10,15H2,1H3. The number of phenolic OH excluding ortho intramolecular Hbond substituents is 1. The Morgan fingerprint density at radius 1 is 1.47 bits per heavy atom. The number of benzene rings is 1. The lowest BCUT2D eigenvalue weighted by Crippen LogP contribution is -2.57. The van der Waals surface area contributed by atoms with Crippen LogP contribution in [-0.2, 0) is 16.1 Å². The molecule has 3 N–H and O–H groups in total. The van der Waals surface area contributed by atoms with E-state index in [9.17, 15) is 9.90 Å². The van der Waals surface area contributed by atoms with Crippen molar-refractivity contribution >= 4 is 5.91 Å². The van der Waals surface area contributed by atoms with E-state index >= 15 is 0 Å². The Hall–Kier alpha value is -1.59. The van der Waals surface area contributed by atoms with Crippen molar-refractivity contribution in [2.24, 2.45) is 5.73 Å². The predicted octanol–water partition coefficient (Wildman–Crippen LogP) is 0.858. The van der Waals surface area contributed by atoms with Gasteiger partial charge in [-0.15, -0.1) is 0 Å². The van der Waals surface area contributed by atoms with Crippen molar-refractivity contribution in [2.75, 3.05) is 20.3 Å². The van der Waals surface area contributed by atoms with Gasteiger partial charge in [0.15, 0.2) is 0 Å². The molecule has 0 unspecified atom stereocenters. The molecule has 104 valence electrons. The number of nitrogens with zero attached hydrogens (tertiary/aromatic N) is 1. The molecule has 19 heavy (non-hydrogen) atoms. The van der Waals surface area contributed by atoms with E-state index in [1.165, 1.54) is 0 Å². The quantitative estimate of drug-likeness (QED) is 0.849. The molecule has 1 fully saturated rings. The Bertz CT molecular complexity index is 456. The van der Waals surface area contributed by atoms with Crippen LogP contribution in [0.3, 0.4) is 0 Å². The number of ether oxygens (including phenoxy) is 1. The van der Waals surface area contributed by atoms with E-state index in [-0.39, 0.29) is 11.7 Å². The van der Waals surface area contributed by atoms with Crippen LogP contribution in [0.5, 0.6) is 5.75 Å². The largest absolute Gasteiger partial charge is 0.508 e. The van der Waals surface area contributed by atoms with Crippen LogP contribution in [0.15, 0.2) is 24.3 Å². The third-order valence-corrected chi connectivity index (χ3v) is 3.49. The van der Waals surface area contributed by atoms with Crippen molar-refractivity contribution < 1.29 is 14.6 Å². The maximum absolute atomic E-state index is 12.4. The molecule has 0 aromatic heterocycles. The highest BCUT2D eigenvalue weighted by Crippen LogP contribution is 2.21. The molecule has 0 spiro atoms. The molecule has 1 saturated heterocycles. The molecule has 0 bridgehead atoms. The number of hydrogen-bond donors (Lipinski definition) is 2. The lowest BCUT2D eigenvalue weighted by atomic mass is 9.89. The van der Waals surface area contributed by atoms with E-state index in [2.05, 4.69) is 0 Å². The molecule has 0 radical (unpaired) electrons. The first-order chi connectivity index (χ1) is 9.01. The SMILES string of the molecule is CN(Cc1cccc(O)c1)C(=O)C1(N)CCOCC1. The lowest BCUT2D eigenvalue weighted by Gasteiger charge is -2.35. The molecule has 2 rings (SSSR count). The Kier molecular flexibility index (Phi) is 4.07. The molecule has 1 heterocycles. The average Bonchev–Trinajstić information content (AvgIpc) is 2.38. The summed E-state index contributed by atoms with van der Waals surface area (Å²) in [6, 6.07) is 6.89. The summed E-state index contributed by atoms with van der Waals surface area (Å²) >= 11 is 0. The van der Waals surface area contributed by atoms with E-state index in [1.807, 2.05) is 6.07 Å². The minimum atomic E-state index is -0.816. The van der Waals surface area contributed by atoms with Crippen LogP contribution in [0.4, 0.5) is 0 Å². The van der Waals surface area contributed by atoms with Gasteiger partial charge in [0.25, 0.3) is 0 Å². The Balaban J connectivity index is 2.03. The maximum Gasteiger partial charge on any atom is 0.242 e. The van der Waals surface area contributed by atoms with Crippen LogP contribution in [0.25, 0.3) is 0 Å². The zero-order chi connectivity index (χ0) is 13.9. The molecule has 0 aliphatic carbocycles. The smallest absolute Gasteiger partial charge is 0.242 e. The molecule has 1 aromatic carbocycles. The topological polar surface area (TPSA) is 75.8 Å². The second kappa shape index (κ2) is 5.59. The second-order valence-corrected chi connectivity index (χ2v) is 5.10. The van der Waals surface area contributed by atoms with Gasteiger partial charge in [0.2, 0.25) is 5.91 Å². The summed E-state index contributed by atoms with van der Waals surface area (Å²) in [7, 11) is 1.73. The highest BCUT2D eigenvalue weighted by Gasteiger charge is 2.37.